The first-order valence-corrected chi connectivity index (χ1v) is 11.6. The molecule has 7 N–H and O–H groups in total. The Morgan fingerprint density at radius 1 is 0.892 bits per heavy atom. The van der Waals surface area contributed by atoms with Crippen molar-refractivity contribution in [1.82, 2.24) is 4.98 Å². The normalized spacial score (nSPS) is 12.0. The molecule has 37 heavy (non-hydrogen) atoms. The van der Waals surface area contributed by atoms with Crippen molar-refractivity contribution in [2.24, 2.45) is 11.5 Å². The highest BCUT2D eigenvalue weighted by molar-refractivity contribution is 6.13. The van der Waals surface area contributed by atoms with E-state index in [-0.39, 0.29) is 23.8 Å². The molecule has 1 heterocycles. The molecule has 0 aliphatic carbocycles. The molecule has 0 aliphatic heterocycles. The van der Waals surface area contributed by atoms with Gasteiger partial charge in [-0.25, -0.2) is 0 Å². The van der Waals surface area contributed by atoms with Crippen LogP contribution in [0, 0.1) is 0 Å². The van der Waals surface area contributed by atoms with Gasteiger partial charge in [0.1, 0.15) is 6.04 Å². The maximum absolute atomic E-state index is 13.3. The zero-order valence-electron chi connectivity index (χ0n) is 20.3. The summed E-state index contributed by atoms with van der Waals surface area (Å²) in [5.41, 5.74) is 12.3. The molecule has 3 aromatic carbocycles. The van der Waals surface area contributed by atoms with Crippen molar-refractivity contribution >= 4 is 50.8 Å². The molecular formula is C27H27N5O5. The Hall–Kier alpha value is -4.70. The lowest BCUT2D eigenvalue weighted by Crippen LogP contribution is -2.39. The minimum atomic E-state index is -0.807. The molecule has 1 unspecified atom stereocenters. The number of nitrogens with two attached hydrogens (primary N) is 2. The molecule has 0 radical (unpaired) electrons. The second-order valence-corrected chi connectivity index (χ2v) is 8.82. The lowest BCUT2D eigenvalue weighted by atomic mass is 10.0. The molecule has 1 aromatic heterocycles. The summed E-state index contributed by atoms with van der Waals surface area (Å²) in [6.07, 6.45) is -0.118. The number of para-hydroxylation sites is 1. The SMILES string of the molecule is CC(C)OCC(Nc1cccc(C(N)=O)c1)C(=O)Nc1ccc2c(=O)[nH]c3c(C(N)=O)cccc3c2c1. The van der Waals surface area contributed by atoms with Gasteiger partial charge in [0, 0.05) is 27.7 Å². The third kappa shape index (κ3) is 5.60. The third-order valence-electron chi connectivity index (χ3n) is 5.79. The van der Waals surface area contributed by atoms with Gasteiger partial charge in [0.05, 0.1) is 23.8 Å². The monoisotopic (exact) mass is 501 g/mol. The Morgan fingerprint density at radius 3 is 2.35 bits per heavy atom. The predicted octanol–water partition coefficient (Wildman–Crippen LogP) is 2.72. The van der Waals surface area contributed by atoms with Crippen molar-refractivity contribution < 1.29 is 19.1 Å². The van der Waals surface area contributed by atoms with Crippen LogP contribution in [0.2, 0.25) is 0 Å². The number of hydrogen-bond donors (Lipinski definition) is 5. The van der Waals surface area contributed by atoms with Crippen molar-refractivity contribution in [3.63, 3.8) is 0 Å². The van der Waals surface area contributed by atoms with Crippen LogP contribution >= 0.6 is 0 Å². The largest absolute Gasteiger partial charge is 0.376 e. The van der Waals surface area contributed by atoms with Gasteiger partial charge in [-0.05, 0) is 61.7 Å². The van der Waals surface area contributed by atoms with Gasteiger partial charge < -0.3 is 31.8 Å². The van der Waals surface area contributed by atoms with E-state index in [4.69, 9.17) is 16.2 Å². The van der Waals surface area contributed by atoms with Crippen LogP contribution in [0.25, 0.3) is 21.7 Å². The average Bonchev–Trinajstić information content (AvgIpc) is 2.86. The number of amides is 3. The first-order valence-electron chi connectivity index (χ1n) is 11.6. The summed E-state index contributed by atoms with van der Waals surface area (Å²) < 4.78 is 5.69. The molecule has 0 bridgehead atoms. The van der Waals surface area contributed by atoms with Crippen LogP contribution in [0.4, 0.5) is 11.4 Å². The molecule has 4 aromatic rings. The number of hydrogen-bond acceptors (Lipinski definition) is 6. The third-order valence-corrected chi connectivity index (χ3v) is 5.79. The number of fused-ring (bicyclic) bond motifs is 3. The van der Waals surface area contributed by atoms with Crippen molar-refractivity contribution in [2.75, 3.05) is 17.2 Å². The molecule has 10 nitrogen and oxygen atoms in total. The second kappa shape index (κ2) is 10.5. The molecular weight excluding hydrogens is 474 g/mol. The zero-order chi connectivity index (χ0) is 26.7. The number of anilines is 2. The number of benzene rings is 3. The predicted molar refractivity (Wildman–Crippen MR) is 143 cm³/mol. The summed E-state index contributed by atoms with van der Waals surface area (Å²) in [4.78, 5) is 52.1. The van der Waals surface area contributed by atoms with E-state index in [1.165, 1.54) is 6.07 Å². The van der Waals surface area contributed by atoms with E-state index in [2.05, 4.69) is 15.6 Å². The lowest BCUT2D eigenvalue weighted by molar-refractivity contribution is -0.118. The quantitative estimate of drug-likeness (QED) is 0.221. The highest BCUT2D eigenvalue weighted by atomic mass is 16.5. The van der Waals surface area contributed by atoms with Crippen molar-refractivity contribution in [3.05, 3.63) is 82.1 Å². The van der Waals surface area contributed by atoms with E-state index < -0.39 is 23.8 Å². The fourth-order valence-corrected chi connectivity index (χ4v) is 4.00. The van der Waals surface area contributed by atoms with Crippen LogP contribution < -0.4 is 27.7 Å². The smallest absolute Gasteiger partial charge is 0.256 e. The fourth-order valence-electron chi connectivity index (χ4n) is 4.00. The van der Waals surface area contributed by atoms with Gasteiger partial charge in [-0.3, -0.25) is 19.2 Å². The van der Waals surface area contributed by atoms with Crippen LogP contribution in [0.3, 0.4) is 0 Å². The summed E-state index contributed by atoms with van der Waals surface area (Å²) in [6.45, 7) is 3.77. The summed E-state index contributed by atoms with van der Waals surface area (Å²) in [5.74, 6) is -1.64. The van der Waals surface area contributed by atoms with Crippen LogP contribution in [-0.2, 0) is 9.53 Å². The summed E-state index contributed by atoms with van der Waals surface area (Å²) in [6, 6.07) is 15.6. The molecule has 1 atom stereocenters. The molecule has 10 heteroatoms. The van der Waals surface area contributed by atoms with Crippen LogP contribution in [0.1, 0.15) is 34.6 Å². The number of aromatic amines is 1. The number of H-pyrrole nitrogens is 1. The number of nitrogens with one attached hydrogen (secondary N) is 3. The van der Waals surface area contributed by atoms with Gasteiger partial charge in [-0.2, -0.15) is 0 Å². The van der Waals surface area contributed by atoms with Gasteiger partial charge in [-0.15, -0.1) is 0 Å². The molecule has 3 amide bonds. The standard InChI is InChI=1S/C27H27N5O5/c1-14(2)37-13-22(30-16-6-3-5-15(11-16)24(28)33)27(36)31-17-9-10-19-21(12-17)18-7-4-8-20(25(29)34)23(18)32-26(19)35/h3-12,14,22,30H,13H2,1-2H3,(H2,28,33)(H2,29,34)(H,31,36)(H,32,35). The first-order chi connectivity index (χ1) is 17.6. The lowest BCUT2D eigenvalue weighted by Gasteiger charge is -2.21. The zero-order valence-corrected chi connectivity index (χ0v) is 20.3. The highest BCUT2D eigenvalue weighted by Gasteiger charge is 2.21. The molecule has 4 rings (SSSR count). The van der Waals surface area contributed by atoms with Gasteiger partial charge in [0.15, 0.2) is 0 Å². The first kappa shape index (κ1) is 25.4. The van der Waals surface area contributed by atoms with Crippen LogP contribution in [0.15, 0.2) is 65.5 Å². The topological polar surface area (TPSA) is 169 Å². The fraction of sp³-hybridized carbons (Fsp3) is 0.185. The number of aromatic nitrogens is 1. The van der Waals surface area contributed by atoms with Crippen LogP contribution in [0.5, 0.6) is 0 Å². The number of carbonyl (C=O) groups is 3. The Balaban J connectivity index is 1.68. The average molecular weight is 502 g/mol. The van der Waals surface area contributed by atoms with E-state index in [0.29, 0.717) is 38.6 Å². The summed E-state index contributed by atoms with van der Waals surface area (Å²) in [7, 11) is 0. The second-order valence-electron chi connectivity index (χ2n) is 8.82. The number of rotatable bonds is 9. The van der Waals surface area contributed by atoms with E-state index >= 15 is 0 Å². The molecule has 190 valence electrons. The minimum absolute atomic E-state index is 0.0580. The molecule has 0 fully saturated rings. The van der Waals surface area contributed by atoms with E-state index in [9.17, 15) is 19.2 Å². The van der Waals surface area contributed by atoms with Gasteiger partial charge >= 0.3 is 0 Å². The molecule has 0 saturated heterocycles. The number of ether oxygens (including phenoxy) is 1. The highest BCUT2D eigenvalue weighted by Crippen LogP contribution is 2.26. The Bertz CT molecular complexity index is 1580. The molecule has 0 saturated carbocycles. The maximum atomic E-state index is 13.3. The molecule has 0 spiro atoms. The minimum Gasteiger partial charge on any atom is -0.376 e. The van der Waals surface area contributed by atoms with E-state index in [1.54, 1.807) is 54.6 Å². The Morgan fingerprint density at radius 2 is 1.65 bits per heavy atom. The van der Waals surface area contributed by atoms with Gasteiger partial charge in [0.2, 0.25) is 11.8 Å². The van der Waals surface area contributed by atoms with E-state index in [1.807, 2.05) is 13.8 Å². The Kier molecular flexibility index (Phi) is 7.21. The number of carbonyl (C=O) groups excluding carboxylic acids is 3. The van der Waals surface area contributed by atoms with Gasteiger partial charge in [0.25, 0.3) is 11.5 Å². The Labute approximate surface area is 212 Å². The number of pyridine rings is 1. The van der Waals surface area contributed by atoms with Crippen molar-refractivity contribution in [2.45, 2.75) is 26.0 Å². The van der Waals surface area contributed by atoms with Crippen LogP contribution in [-0.4, -0.2) is 41.5 Å². The maximum Gasteiger partial charge on any atom is 0.256 e. The summed E-state index contributed by atoms with van der Waals surface area (Å²) in [5, 5.41) is 7.52. The number of primary amides is 2. The van der Waals surface area contributed by atoms with E-state index in [0.717, 1.165) is 0 Å². The van der Waals surface area contributed by atoms with Gasteiger partial charge in [-0.1, -0.05) is 18.2 Å². The summed E-state index contributed by atoms with van der Waals surface area (Å²) >= 11 is 0. The van der Waals surface area contributed by atoms with Crippen molar-refractivity contribution in [1.29, 1.82) is 0 Å². The molecule has 0 aliphatic rings. The van der Waals surface area contributed by atoms with Crippen molar-refractivity contribution in [3.8, 4) is 0 Å².